The Balaban J connectivity index is 1.77. The van der Waals surface area contributed by atoms with E-state index in [4.69, 9.17) is 17.3 Å². The summed E-state index contributed by atoms with van der Waals surface area (Å²) in [5, 5.41) is 0.787. The number of hydrogen-bond acceptors (Lipinski definition) is 1. The largest absolute Gasteiger partial charge is 0.330 e. The smallest absolute Gasteiger partial charge is 0.0406 e. The van der Waals surface area contributed by atoms with Crippen molar-refractivity contribution in [3.63, 3.8) is 0 Å². The summed E-state index contributed by atoms with van der Waals surface area (Å²) in [6.07, 6.45) is 1.24. The van der Waals surface area contributed by atoms with Gasteiger partial charge in [-0.15, -0.1) is 0 Å². The zero-order chi connectivity index (χ0) is 13.2. The first-order valence-corrected chi connectivity index (χ1v) is 7.18. The lowest BCUT2D eigenvalue weighted by Gasteiger charge is -2.15. The number of benzene rings is 2. The van der Waals surface area contributed by atoms with E-state index in [1.165, 1.54) is 17.5 Å². The van der Waals surface area contributed by atoms with Crippen molar-refractivity contribution in [1.29, 1.82) is 0 Å². The van der Waals surface area contributed by atoms with Gasteiger partial charge in [0.05, 0.1) is 0 Å². The highest BCUT2D eigenvalue weighted by Crippen LogP contribution is 2.54. The van der Waals surface area contributed by atoms with Crippen LogP contribution in [0.15, 0.2) is 54.6 Å². The molecule has 0 heterocycles. The van der Waals surface area contributed by atoms with Crippen LogP contribution in [0, 0.1) is 5.92 Å². The van der Waals surface area contributed by atoms with E-state index in [1.807, 2.05) is 12.1 Å². The van der Waals surface area contributed by atoms with Gasteiger partial charge in [0.2, 0.25) is 0 Å². The van der Waals surface area contributed by atoms with E-state index >= 15 is 0 Å². The Bertz CT molecular complexity index is 535. The van der Waals surface area contributed by atoms with Crippen molar-refractivity contribution < 1.29 is 0 Å². The maximum atomic E-state index is 5.99. The van der Waals surface area contributed by atoms with E-state index in [2.05, 4.69) is 42.5 Å². The topological polar surface area (TPSA) is 26.0 Å². The summed E-state index contributed by atoms with van der Waals surface area (Å²) in [5.41, 5.74) is 8.75. The van der Waals surface area contributed by atoms with Gasteiger partial charge in [0, 0.05) is 5.02 Å². The molecule has 0 bridgehead atoms. The molecule has 3 rings (SSSR count). The van der Waals surface area contributed by atoms with Gasteiger partial charge in [0.15, 0.2) is 0 Å². The molecule has 1 fully saturated rings. The fourth-order valence-electron chi connectivity index (χ4n) is 3.01. The van der Waals surface area contributed by atoms with Gasteiger partial charge < -0.3 is 5.73 Å². The second kappa shape index (κ2) is 5.36. The minimum absolute atomic E-state index is 0.447. The third-order valence-corrected chi connectivity index (χ3v) is 4.39. The normalized spacial score (nSPS) is 23.1. The molecule has 0 aromatic heterocycles. The molecule has 2 heteroatoms. The van der Waals surface area contributed by atoms with E-state index in [-0.39, 0.29) is 0 Å². The lowest BCUT2D eigenvalue weighted by atomic mass is 9.92. The van der Waals surface area contributed by atoms with Gasteiger partial charge in [-0.1, -0.05) is 54.1 Å². The van der Waals surface area contributed by atoms with Crippen molar-refractivity contribution in [2.45, 2.75) is 18.3 Å². The van der Waals surface area contributed by atoms with Crippen molar-refractivity contribution in [2.75, 3.05) is 6.54 Å². The zero-order valence-corrected chi connectivity index (χ0v) is 11.6. The summed E-state index contributed by atoms with van der Waals surface area (Å²) >= 11 is 5.95. The Labute approximate surface area is 119 Å². The Morgan fingerprint density at radius 3 is 2.37 bits per heavy atom. The molecule has 3 unspecified atom stereocenters. The quantitative estimate of drug-likeness (QED) is 0.887. The Hall–Kier alpha value is -1.31. The summed E-state index contributed by atoms with van der Waals surface area (Å²) in [5.74, 6) is 1.79. The molecule has 98 valence electrons. The van der Waals surface area contributed by atoms with Crippen LogP contribution >= 0.6 is 11.6 Å². The predicted molar refractivity (Wildman–Crippen MR) is 80.5 cm³/mol. The van der Waals surface area contributed by atoms with Crippen LogP contribution in [0.5, 0.6) is 0 Å². The van der Waals surface area contributed by atoms with Crippen LogP contribution < -0.4 is 5.73 Å². The van der Waals surface area contributed by atoms with Gasteiger partial charge in [0.1, 0.15) is 0 Å². The molecule has 1 aliphatic carbocycles. The average Bonchev–Trinajstić information content (AvgIpc) is 3.23. The molecule has 2 N–H and O–H groups in total. The molecule has 0 saturated heterocycles. The molecule has 1 aliphatic rings. The van der Waals surface area contributed by atoms with Crippen LogP contribution in [0.25, 0.3) is 0 Å². The SMILES string of the molecule is NCC(c1ccc(Cl)cc1)C1CC1c1ccccc1. The van der Waals surface area contributed by atoms with Gasteiger partial charge in [0.25, 0.3) is 0 Å². The summed E-state index contributed by atoms with van der Waals surface area (Å²) < 4.78 is 0. The zero-order valence-electron chi connectivity index (χ0n) is 10.8. The molecule has 19 heavy (non-hydrogen) atoms. The molecule has 0 amide bonds. The Kier molecular flexibility index (Phi) is 3.58. The number of nitrogens with two attached hydrogens (primary N) is 1. The predicted octanol–water partition coefficient (Wildman–Crippen LogP) is 4.19. The van der Waals surface area contributed by atoms with Gasteiger partial charge in [-0.2, -0.15) is 0 Å². The van der Waals surface area contributed by atoms with Crippen LogP contribution in [0.1, 0.15) is 29.4 Å². The number of halogens is 1. The second-order valence-corrected chi connectivity index (χ2v) is 5.75. The molecule has 2 aromatic rings. The summed E-state index contributed by atoms with van der Waals surface area (Å²) in [4.78, 5) is 0. The summed E-state index contributed by atoms with van der Waals surface area (Å²) in [6.45, 7) is 0.704. The van der Waals surface area contributed by atoms with Gasteiger partial charge in [-0.05, 0) is 54.0 Å². The fraction of sp³-hybridized carbons (Fsp3) is 0.294. The lowest BCUT2D eigenvalue weighted by molar-refractivity contribution is 0.600. The maximum Gasteiger partial charge on any atom is 0.0406 e. The highest BCUT2D eigenvalue weighted by molar-refractivity contribution is 6.30. The van der Waals surface area contributed by atoms with Gasteiger partial charge in [-0.25, -0.2) is 0 Å². The van der Waals surface area contributed by atoms with Crippen molar-refractivity contribution in [3.05, 3.63) is 70.7 Å². The second-order valence-electron chi connectivity index (χ2n) is 5.31. The molecule has 0 aliphatic heterocycles. The average molecular weight is 272 g/mol. The molecule has 2 aromatic carbocycles. The minimum Gasteiger partial charge on any atom is -0.330 e. The van der Waals surface area contributed by atoms with Crippen molar-refractivity contribution in [1.82, 2.24) is 0 Å². The molecule has 0 radical (unpaired) electrons. The van der Waals surface area contributed by atoms with E-state index in [1.54, 1.807) is 0 Å². The third-order valence-electron chi connectivity index (χ3n) is 4.14. The van der Waals surface area contributed by atoms with E-state index in [0.717, 1.165) is 5.02 Å². The molecular weight excluding hydrogens is 254 g/mol. The van der Waals surface area contributed by atoms with Crippen LogP contribution in [0.3, 0.4) is 0 Å². The van der Waals surface area contributed by atoms with Crippen molar-refractivity contribution in [2.24, 2.45) is 11.7 Å². The third kappa shape index (κ3) is 2.68. The minimum atomic E-state index is 0.447. The fourth-order valence-corrected chi connectivity index (χ4v) is 3.14. The first-order chi connectivity index (χ1) is 9.29. The monoisotopic (exact) mass is 271 g/mol. The first kappa shape index (κ1) is 12.7. The Morgan fingerprint density at radius 1 is 1.05 bits per heavy atom. The van der Waals surface area contributed by atoms with Crippen molar-refractivity contribution >= 4 is 11.6 Å². The Morgan fingerprint density at radius 2 is 1.74 bits per heavy atom. The highest BCUT2D eigenvalue weighted by atomic mass is 35.5. The van der Waals surface area contributed by atoms with Crippen LogP contribution in [-0.2, 0) is 0 Å². The molecule has 3 atom stereocenters. The summed E-state index contributed by atoms with van der Waals surface area (Å²) in [6, 6.07) is 18.9. The number of hydrogen-bond donors (Lipinski definition) is 1. The standard InChI is InChI=1S/C17H18ClN/c18-14-8-6-13(7-9-14)17(11-19)16-10-15(16)12-4-2-1-3-5-12/h1-9,15-17H,10-11,19H2. The van der Waals surface area contributed by atoms with Crippen LogP contribution in [0.4, 0.5) is 0 Å². The van der Waals surface area contributed by atoms with Crippen LogP contribution in [-0.4, -0.2) is 6.54 Å². The molecule has 1 nitrogen and oxygen atoms in total. The highest BCUT2D eigenvalue weighted by Gasteiger charge is 2.43. The molecule has 1 saturated carbocycles. The molecular formula is C17H18ClN. The lowest BCUT2D eigenvalue weighted by Crippen LogP contribution is -2.15. The first-order valence-electron chi connectivity index (χ1n) is 6.80. The summed E-state index contributed by atoms with van der Waals surface area (Å²) in [7, 11) is 0. The van der Waals surface area contributed by atoms with E-state index in [0.29, 0.717) is 24.3 Å². The van der Waals surface area contributed by atoms with Crippen molar-refractivity contribution in [3.8, 4) is 0 Å². The molecule has 0 spiro atoms. The van der Waals surface area contributed by atoms with Crippen LogP contribution in [0.2, 0.25) is 5.02 Å². The van der Waals surface area contributed by atoms with Gasteiger partial charge in [-0.3, -0.25) is 0 Å². The van der Waals surface area contributed by atoms with Gasteiger partial charge >= 0.3 is 0 Å². The van der Waals surface area contributed by atoms with E-state index in [9.17, 15) is 0 Å². The van der Waals surface area contributed by atoms with E-state index < -0.39 is 0 Å². The maximum absolute atomic E-state index is 5.99. The number of rotatable bonds is 4.